The first-order chi connectivity index (χ1) is 11.3. The van der Waals surface area contributed by atoms with Gasteiger partial charge in [-0.15, -0.1) is 0 Å². The number of fused-ring (bicyclic) bond motifs is 3. The Labute approximate surface area is 142 Å². The summed E-state index contributed by atoms with van der Waals surface area (Å²) in [6.07, 6.45) is 0.442. The number of carbonyl (C=O) groups excluding carboxylic acids is 1. The van der Waals surface area contributed by atoms with Crippen LogP contribution < -0.4 is 0 Å². The van der Waals surface area contributed by atoms with E-state index in [4.69, 9.17) is 0 Å². The second-order valence-corrected chi connectivity index (χ2v) is 8.67. The van der Waals surface area contributed by atoms with Gasteiger partial charge >= 0.3 is 0 Å². The van der Waals surface area contributed by atoms with Crippen molar-refractivity contribution in [1.29, 1.82) is 0 Å². The van der Waals surface area contributed by atoms with Crippen LogP contribution in [0.25, 0.3) is 0 Å². The first-order valence-corrected chi connectivity index (χ1v) is 9.22. The van der Waals surface area contributed by atoms with Gasteiger partial charge in [-0.1, -0.05) is 13.5 Å². The molecule has 0 saturated heterocycles. The number of carbonyl (C=O) groups is 1. The first kappa shape index (κ1) is 16.7. The van der Waals surface area contributed by atoms with Gasteiger partial charge < -0.3 is 20.4 Å². The average Bonchev–Trinajstić information content (AvgIpc) is 2.68. The first-order valence-electron chi connectivity index (χ1n) is 9.22. The summed E-state index contributed by atoms with van der Waals surface area (Å²) in [5.41, 5.74) is -1.70. The molecule has 134 valence electrons. The predicted octanol–water partition coefficient (Wildman–Crippen LogP) is 0.649. The standard InChI is InChI=1S/C19H28O5/c1-9-3-6-14(21)18(8-20)12(9)7-15(22)19-13(18)5-4-11(17(19)24)10(2)16(19)23/h9,11-15,17,20-22,24H,2-8H2,1H3/t9?,11?,12-,13+,14+,15-,17?,18-,19+/m1/s1. The Balaban J connectivity index is 1.92. The number of hydrogen-bond donors (Lipinski definition) is 4. The summed E-state index contributed by atoms with van der Waals surface area (Å²) in [7, 11) is 0. The molecule has 3 unspecified atom stereocenters. The second-order valence-electron chi connectivity index (χ2n) is 8.67. The molecule has 0 aromatic heterocycles. The van der Waals surface area contributed by atoms with E-state index in [1.165, 1.54) is 0 Å². The smallest absolute Gasteiger partial charge is 0.170 e. The summed E-state index contributed by atoms with van der Waals surface area (Å²) in [6.45, 7) is 5.78. The van der Waals surface area contributed by atoms with Crippen LogP contribution in [0.2, 0.25) is 0 Å². The monoisotopic (exact) mass is 336 g/mol. The molecule has 4 aliphatic carbocycles. The highest BCUT2D eigenvalue weighted by Crippen LogP contribution is 2.69. The Kier molecular flexibility index (Phi) is 3.57. The maximum Gasteiger partial charge on any atom is 0.170 e. The molecule has 2 bridgehead atoms. The van der Waals surface area contributed by atoms with Gasteiger partial charge in [0.25, 0.3) is 0 Å². The van der Waals surface area contributed by atoms with Crippen molar-refractivity contribution in [2.45, 2.75) is 57.3 Å². The number of ketones is 1. The lowest BCUT2D eigenvalue weighted by molar-refractivity contribution is -0.255. The third-order valence-electron chi connectivity index (χ3n) is 8.19. The molecule has 5 nitrogen and oxygen atoms in total. The van der Waals surface area contributed by atoms with Gasteiger partial charge in [-0.3, -0.25) is 4.79 Å². The highest BCUT2D eigenvalue weighted by molar-refractivity contribution is 6.04. The molecule has 1 spiro atoms. The number of Topliss-reactive ketones (excluding diaryl/α,β-unsaturated/α-hetero) is 1. The Morgan fingerprint density at radius 2 is 1.83 bits per heavy atom. The van der Waals surface area contributed by atoms with E-state index in [9.17, 15) is 25.2 Å². The van der Waals surface area contributed by atoms with Gasteiger partial charge in [-0.2, -0.15) is 0 Å². The van der Waals surface area contributed by atoms with Crippen LogP contribution in [0, 0.1) is 34.5 Å². The summed E-state index contributed by atoms with van der Waals surface area (Å²) >= 11 is 0. The molecule has 0 heterocycles. The molecular weight excluding hydrogens is 308 g/mol. The van der Waals surface area contributed by atoms with E-state index in [0.29, 0.717) is 31.3 Å². The van der Waals surface area contributed by atoms with Crippen LogP contribution >= 0.6 is 0 Å². The topological polar surface area (TPSA) is 98.0 Å². The van der Waals surface area contributed by atoms with Crippen molar-refractivity contribution < 1.29 is 25.2 Å². The van der Waals surface area contributed by atoms with E-state index < -0.39 is 35.1 Å². The molecule has 4 aliphatic rings. The van der Waals surface area contributed by atoms with E-state index in [1.54, 1.807) is 0 Å². The summed E-state index contributed by atoms with van der Waals surface area (Å²) in [5.74, 6) is -0.718. The molecule has 4 N–H and O–H groups in total. The molecule has 0 radical (unpaired) electrons. The maximum atomic E-state index is 13.1. The van der Waals surface area contributed by atoms with Gasteiger partial charge in [0.15, 0.2) is 5.78 Å². The fourth-order valence-electron chi connectivity index (χ4n) is 7.06. The fraction of sp³-hybridized carbons (Fsp3) is 0.842. The molecule has 5 heteroatoms. The molecule has 24 heavy (non-hydrogen) atoms. The van der Waals surface area contributed by atoms with Crippen molar-refractivity contribution in [3.05, 3.63) is 12.2 Å². The van der Waals surface area contributed by atoms with Crippen molar-refractivity contribution in [3.63, 3.8) is 0 Å². The minimum absolute atomic E-state index is 0.0395. The molecule has 4 saturated carbocycles. The van der Waals surface area contributed by atoms with Crippen LogP contribution in [0.4, 0.5) is 0 Å². The van der Waals surface area contributed by atoms with Gasteiger partial charge in [0, 0.05) is 11.3 Å². The summed E-state index contributed by atoms with van der Waals surface area (Å²) in [4.78, 5) is 13.1. The van der Waals surface area contributed by atoms with Crippen LogP contribution in [0.1, 0.15) is 39.0 Å². The van der Waals surface area contributed by atoms with Crippen molar-refractivity contribution in [2.75, 3.05) is 6.61 Å². The quantitative estimate of drug-likeness (QED) is 0.527. The highest BCUT2D eigenvalue weighted by Gasteiger charge is 2.75. The van der Waals surface area contributed by atoms with Crippen LogP contribution in [-0.2, 0) is 4.79 Å². The molecule has 4 rings (SSSR count). The Hall–Kier alpha value is -0.750. The van der Waals surface area contributed by atoms with Crippen molar-refractivity contribution in [1.82, 2.24) is 0 Å². The molecular formula is C19H28O5. The zero-order chi connectivity index (χ0) is 17.4. The molecule has 0 aromatic carbocycles. The van der Waals surface area contributed by atoms with Gasteiger partial charge in [0.2, 0.25) is 0 Å². The molecule has 0 aromatic rings. The Bertz CT molecular complexity index is 588. The van der Waals surface area contributed by atoms with E-state index >= 15 is 0 Å². The SMILES string of the molecule is C=C1C(=O)[C@]23C(O)C1CC[C@H]2[C@@]1(CO)[C@H](C[C@H]3O)C(C)CC[C@@H]1O. The minimum atomic E-state index is -1.29. The van der Waals surface area contributed by atoms with E-state index in [1.807, 2.05) is 0 Å². The van der Waals surface area contributed by atoms with E-state index in [2.05, 4.69) is 13.5 Å². The van der Waals surface area contributed by atoms with Crippen molar-refractivity contribution in [3.8, 4) is 0 Å². The average molecular weight is 336 g/mol. The number of aliphatic hydroxyl groups excluding tert-OH is 4. The summed E-state index contributed by atoms with van der Waals surface area (Å²) < 4.78 is 0. The molecule has 0 aliphatic heterocycles. The lowest BCUT2D eigenvalue weighted by atomic mass is 9.41. The van der Waals surface area contributed by atoms with Crippen LogP contribution in [0.5, 0.6) is 0 Å². The predicted molar refractivity (Wildman–Crippen MR) is 86.8 cm³/mol. The van der Waals surface area contributed by atoms with Gasteiger partial charge in [0.1, 0.15) is 0 Å². The maximum absolute atomic E-state index is 13.1. The van der Waals surface area contributed by atoms with Gasteiger partial charge in [-0.25, -0.2) is 0 Å². The van der Waals surface area contributed by atoms with Gasteiger partial charge in [-0.05, 0) is 55.4 Å². The number of hydrogen-bond acceptors (Lipinski definition) is 5. The Morgan fingerprint density at radius 1 is 1.12 bits per heavy atom. The zero-order valence-electron chi connectivity index (χ0n) is 14.2. The van der Waals surface area contributed by atoms with Crippen molar-refractivity contribution in [2.24, 2.45) is 34.5 Å². The molecule has 9 atom stereocenters. The highest BCUT2D eigenvalue weighted by atomic mass is 16.3. The normalized spacial score (nSPS) is 56.8. The molecule has 4 fully saturated rings. The van der Waals surface area contributed by atoms with Crippen LogP contribution in [0.15, 0.2) is 12.2 Å². The third-order valence-corrected chi connectivity index (χ3v) is 8.19. The largest absolute Gasteiger partial charge is 0.396 e. The lowest BCUT2D eigenvalue weighted by Crippen LogP contribution is -2.70. The fourth-order valence-corrected chi connectivity index (χ4v) is 7.06. The summed E-state index contributed by atoms with van der Waals surface area (Å²) in [5, 5.41) is 43.3. The van der Waals surface area contributed by atoms with E-state index in [-0.39, 0.29) is 30.1 Å². The third kappa shape index (κ3) is 1.58. The van der Waals surface area contributed by atoms with Crippen LogP contribution in [-0.4, -0.2) is 51.1 Å². The second kappa shape index (κ2) is 5.13. The number of aliphatic hydroxyl groups is 4. The minimum Gasteiger partial charge on any atom is -0.396 e. The zero-order valence-corrected chi connectivity index (χ0v) is 14.2. The molecule has 0 amide bonds. The van der Waals surface area contributed by atoms with Gasteiger partial charge in [0.05, 0.1) is 30.3 Å². The van der Waals surface area contributed by atoms with Crippen molar-refractivity contribution >= 4 is 5.78 Å². The Morgan fingerprint density at radius 3 is 2.50 bits per heavy atom. The number of rotatable bonds is 1. The lowest BCUT2D eigenvalue weighted by Gasteiger charge is -2.64. The van der Waals surface area contributed by atoms with Crippen LogP contribution in [0.3, 0.4) is 0 Å². The summed E-state index contributed by atoms with van der Waals surface area (Å²) in [6, 6.07) is 0. The van der Waals surface area contributed by atoms with E-state index in [0.717, 1.165) is 6.42 Å².